The Morgan fingerprint density at radius 3 is 1.37 bits per heavy atom. The van der Waals surface area contributed by atoms with Gasteiger partial charge in [0.05, 0.1) is 0 Å². The molecule has 0 radical (unpaired) electrons. The van der Waals surface area contributed by atoms with E-state index in [-0.39, 0.29) is 20.6 Å². The van der Waals surface area contributed by atoms with Gasteiger partial charge in [-0.1, -0.05) is 69.1 Å². The predicted molar refractivity (Wildman–Crippen MR) is 162 cm³/mol. The van der Waals surface area contributed by atoms with Crippen molar-refractivity contribution in [2.45, 2.75) is 72.0 Å². The van der Waals surface area contributed by atoms with E-state index in [2.05, 4.69) is 76.7 Å². The van der Waals surface area contributed by atoms with Crippen molar-refractivity contribution in [2.75, 3.05) is 0 Å². The number of hydrogen-bond acceptors (Lipinski definition) is 6. The zero-order valence-electron chi connectivity index (χ0n) is 23.0. The zero-order valence-corrected chi connectivity index (χ0v) is 26.0. The predicted octanol–water partition coefficient (Wildman–Crippen LogP) is 6.79. The minimum atomic E-state index is -2.42. The summed E-state index contributed by atoms with van der Waals surface area (Å²) < 4.78 is 23.9. The molecule has 0 aliphatic heterocycles. The normalized spacial score (nSPS) is 11.7. The van der Waals surface area contributed by atoms with Crippen LogP contribution in [0.25, 0.3) is 0 Å². The van der Waals surface area contributed by atoms with Crippen LogP contribution in [0.5, 0.6) is 0 Å². The molecule has 208 valence electrons. The fourth-order valence-electron chi connectivity index (χ4n) is 4.49. The van der Waals surface area contributed by atoms with Crippen molar-refractivity contribution in [3.05, 3.63) is 96.1 Å². The van der Waals surface area contributed by atoms with Gasteiger partial charge in [0.2, 0.25) is 0 Å². The highest BCUT2D eigenvalue weighted by Gasteiger charge is 2.39. The third-order valence-electron chi connectivity index (χ3n) is 5.38. The Morgan fingerprint density at radius 2 is 1.03 bits per heavy atom. The summed E-state index contributed by atoms with van der Waals surface area (Å²) in [5.41, 5.74) is 4.22. The second-order valence-corrected chi connectivity index (χ2v) is 22.9. The Kier molecular flexibility index (Phi) is 12.8. The molecular weight excluding hydrogens is 529 g/mol. The van der Waals surface area contributed by atoms with Gasteiger partial charge in [-0.2, -0.15) is 0 Å². The summed E-state index contributed by atoms with van der Waals surface area (Å²) in [6.45, 7) is 20.5. The van der Waals surface area contributed by atoms with E-state index in [0.29, 0.717) is 0 Å². The third kappa shape index (κ3) is 12.3. The van der Waals surface area contributed by atoms with Crippen LogP contribution >= 0.6 is 0 Å². The van der Waals surface area contributed by atoms with Gasteiger partial charge < -0.3 is 17.7 Å². The van der Waals surface area contributed by atoms with E-state index in [1.165, 1.54) is 23.3 Å². The van der Waals surface area contributed by atoms with Crippen LogP contribution in [0.1, 0.15) is 29.7 Å². The van der Waals surface area contributed by atoms with Crippen molar-refractivity contribution in [2.24, 2.45) is 0 Å². The first-order valence-electron chi connectivity index (χ1n) is 12.4. The molecule has 0 N–H and O–H groups in total. The van der Waals surface area contributed by atoms with Crippen molar-refractivity contribution < 1.29 is 27.3 Å². The summed E-state index contributed by atoms with van der Waals surface area (Å²) in [6.07, 6.45) is 2.34. The van der Waals surface area contributed by atoms with Crippen LogP contribution in [0.2, 0.25) is 39.3 Å². The fraction of sp³-hybridized carbons (Fsp3) is 0.379. The molecule has 0 amide bonds. The number of esters is 2. The van der Waals surface area contributed by atoms with Gasteiger partial charge in [0.1, 0.15) is 13.2 Å². The van der Waals surface area contributed by atoms with Gasteiger partial charge in [-0.25, -0.2) is 9.59 Å². The van der Waals surface area contributed by atoms with Crippen LogP contribution in [0, 0.1) is 0 Å². The highest BCUT2D eigenvalue weighted by molar-refractivity contribution is 6.87. The molecule has 2 aromatic carbocycles. The average Bonchev–Trinajstić information content (AvgIpc) is 2.79. The maximum absolute atomic E-state index is 11.4. The van der Waals surface area contributed by atoms with Crippen LogP contribution < -0.4 is 0 Å². The minimum Gasteiger partial charge on any atom is -0.458 e. The summed E-state index contributed by atoms with van der Waals surface area (Å²) in [5, 5.41) is 0. The molecule has 0 aliphatic rings. The van der Waals surface area contributed by atoms with Crippen molar-refractivity contribution in [1.29, 1.82) is 0 Å². The largest absolute Gasteiger partial charge is 0.458 e. The van der Waals surface area contributed by atoms with Crippen molar-refractivity contribution in [1.82, 2.24) is 0 Å². The highest BCUT2D eigenvalue weighted by Crippen LogP contribution is 2.25. The Morgan fingerprint density at radius 1 is 0.684 bits per heavy atom. The SMILES string of the molecule is C.C=CC(=O)OCc1cccc(C[Si](C)(C)O[Si](C)(C)O[Si](C)(C)Cc2cccc(COC(=O)C=C)c2)c1. The van der Waals surface area contributed by atoms with E-state index < -0.39 is 37.1 Å². The summed E-state index contributed by atoms with van der Waals surface area (Å²) in [6, 6.07) is 17.9. The quantitative estimate of drug-likeness (QED) is 0.141. The molecule has 0 spiro atoms. The molecular formula is C29H44O6Si3. The number of carbonyl (C=O) groups is 2. The fourth-order valence-corrected chi connectivity index (χ4v) is 18.7. The summed E-state index contributed by atoms with van der Waals surface area (Å²) >= 11 is 0. The van der Waals surface area contributed by atoms with E-state index >= 15 is 0 Å². The molecule has 38 heavy (non-hydrogen) atoms. The topological polar surface area (TPSA) is 71.1 Å². The molecule has 0 aromatic heterocycles. The number of rotatable bonds is 14. The lowest BCUT2D eigenvalue weighted by Crippen LogP contribution is -2.54. The molecule has 2 aromatic rings. The maximum atomic E-state index is 11.4. The molecule has 0 heterocycles. The van der Waals surface area contributed by atoms with Crippen LogP contribution in [0.4, 0.5) is 0 Å². The van der Waals surface area contributed by atoms with Gasteiger partial charge in [0.25, 0.3) is 0 Å². The summed E-state index contributed by atoms with van der Waals surface area (Å²) in [5.74, 6) is -0.856. The second-order valence-electron chi connectivity index (χ2n) is 10.7. The van der Waals surface area contributed by atoms with E-state index in [1.54, 1.807) is 0 Å². The van der Waals surface area contributed by atoms with Gasteiger partial charge in [0, 0.05) is 12.2 Å². The van der Waals surface area contributed by atoms with Gasteiger partial charge in [-0.05, 0) is 73.6 Å². The molecule has 6 nitrogen and oxygen atoms in total. The molecule has 0 bridgehead atoms. The number of hydrogen-bond donors (Lipinski definition) is 0. The molecule has 0 fully saturated rings. The van der Waals surface area contributed by atoms with Gasteiger partial charge in [0.15, 0.2) is 16.6 Å². The van der Waals surface area contributed by atoms with E-state index in [0.717, 1.165) is 23.2 Å². The third-order valence-corrected chi connectivity index (χ3v) is 16.3. The van der Waals surface area contributed by atoms with E-state index in [9.17, 15) is 9.59 Å². The first-order valence-corrected chi connectivity index (χ1v) is 21.4. The van der Waals surface area contributed by atoms with Crippen molar-refractivity contribution >= 4 is 37.1 Å². The molecule has 0 saturated carbocycles. The summed E-state index contributed by atoms with van der Waals surface area (Å²) in [7, 11) is -6.62. The Hall–Kier alpha value is -2.57. The second kappa shape index (κ2) is 14.5. The Labute approximate surface area is 232 Å². The molecule has 0 saturated heterocycles. The van der Waals surface area contributed by atoms with E-state index in [1.807, 2.05) is 24.3 Å². The standard InChI is InChI=1S/C28H40O6Si3.CH4/c1-9-27(29)31-19-23-13-11-15-25(17-23)21-35(3,4)33-37(7,8)34-36(5,6)22-26-16-12-14-24(18-26)20-32-28(30)10-2;/h9-18H,1-2,19-22H2,3-8H3;1H4. The first kappa shape index (κ1) is 33.5. The number of benzene rings is 2. The zero-order chi connectivity index (χ0) is 27.7. The van der Waals surface area contributed by atoms with Crippen molar-refractivity contribution in [3.63, 3.8) is 0 Å². The van der Waals surface area contributed by atoms with Gasteiger partial charge >= 0.3 is 20.5 Å². The maximum Gasteiger partial charge on any atom is 0.330 e. The van der Waals surface area contributed by atoms with Crippen molar-refractivity contribution in [3.8, 4) is 0 Å². The lowest BCUT2D eigenvalue weighted by Gasteiger charge is -2.39. The monoisotopic (exact) mass is 572 g/mol. The highest BCUT2D eigenvalue weighted by atomic mass is 28.5. The molecule has 0 atom stereocenters. The van der Waals surface area contributed by atoms with E-state index in [4.69, 9.17) is 17.7 Å². The molecule has 0 unspecified atom stereocenters. The summed E-state index contributed by atoms with van der Waals surface area (Å²) in [4.78, 5) is 22.8. The Balaban J connectivity index is 0.00000722. The smallest absolute Gasteiger partial charge is 0.330 e. The molecule has 9 heteroatoms. The lowest BCUT2D eigenvalue weighted by molar-refractivity contribution is -0.139. The lowest BCUT2D eigenvalue weighted by atomic mass is 10.1. The number of carbonyl (C=O) groups excluding carboxylic acids is 2. The van der Waals surface area contributed by atoms with Crippen LogP contribution in [0.15, 0.2) is 73.8 Å². The van der Waals surface area contributed by atoms with Gasteiger partial charge in [-0.15, -0.1) is 0 Å². The van der Waals surface area contributed by atoms with Crippen LogP contribution in [-0.4, -0.2) is 37.1 Å². The van der Waals surface area contributed by atoms with Crippen LogP contribution in [0.3, 0.4) is 0 Å². The Bertz CT molecular complexity index is 1030. The minimum absolute atomic E-state index is 0. The molecule has 2 rings (SSSR count). The van der Waals surface area contributed by atoms with Gasteiger partial charge in [-0.3, -0.25) is 0 Å². The first-order chi connectivity index (χ1) is 17.2. The number of ether oxygens (including phenoxy) is 2. The average molecular weight is 573 g/mol. The molecule has 0 aliphatic carbocycles. The van der Waals surface area contributed by atoms with Crippen LogP contribution in [-0.2, 0) is 52.6 Å².